The van der Waals surface area contributed by atoms with E-state index in [2.05, 4.69) is 30.8 Å². The highest BCUT2D eigenvalue weighted by Gasteiger charge is 2.22. The van der Waals surface area contributed by atoms with E-state index >= 15 is 0 Å². The average molecular weight is 287 g/mol. The van der Waals surface area contributed by atoms with Gasteiger partial charge in [0.25, 0.3) is 0 Å². The molecule has 88 valence electrons. The summed E-state index contributed by atoms with van der Waals surface area (Å²) in [6.07, 6.45) is 4.17. The number of ether oxygens (including phenoxy) is 1. The molecule has 1 unspecified atom stereocenters. The Balaban J connectivity index is 2.19. The molecule has 1 aliphatic rings. The summed E-state index contributed by atoms with van der Waals surface area (Å²) in [7, 11) is 1.75. The summed E-state index contributed by atoms with van der Waals surface area (Å²) in [6, 6.07) is 0. The molecule has 0 radical (unpaired) electrons. The molecule has 1 atom stereocenters. The molecule has 0 saturated carbocycles. The van der Waals surface area contributed by atoms with E-state index in [4.69, 9.17) is 10.5 Å². The predicted molar refractivity (Wildman–Crippen MR) is 66.4 cm³/mol. The van der Waals surface area contributed by atoms with Crippen LogP contribution in [0.25, 0.3) is 0 Å². The van der Waals surface area contributed by atoms with Crippen molar-refractivity contribution in [2.45, 2.75) is 18.9 Å². The SMILES string of the molecule is COC1CCCN(c2nc(N)ncc2Br)C1. The number of methoxy groups -OCH3 is 1. The standard InChI is InChI=1S/C10H15BrN4O/c1-16-7-3-2-4-15(6-7)9-8(11)5-13-10(12)14-9/h5,7H,2-4,6H2,1H3,(H2,12,13,14). The lowest BCUT2D eigenvalue weighted by Gasteiger charge is -2.33. The molecule has 0 amide bonds. The van der Waals surface area contributed by atoms with E-state index in [9.17, 15) is 0 Å². The third kappa shape index (κ3) is 2.44. The van der Waals surface area contributed by atoms with Gasteiger partial charge in [-0.3, -0.25) is 0 Å². The maximum atomic E-state index is 5.60. The number of nitrogens with two attached hydrogens (primary N) is 1. The molecular formula is C10H15BrN4O. The quantitative estimate of drug-likeness (QED) is 0.891. The second kappa shape index (κ2) is 4.97. The maximum Gasteiger partial charge on any atom is 0.222 e. The number of nitrogen functional groups attached to an aromatic ring is 1. The van der Waals surface area contributed by atoms with Crippen LogP contribution in [0, 0.1) is 0 Å². The minimum absolute atomic E-state index is 0.275. The lowest BCUT2D eigenvalue weighted by molar-refractivity contribution is 0.0891. The number of hydrogen-bond acceptors (Lipinski definition) is 5. The minimum Gasteiger partial charge on any atom is -0.380 e. The van der Waals surface area contributed by atoms with E-state index in [-0.39, 0.29) is 6.10 Å². The number of anilines is 2. The van der Waals surface area contributed by atoms with Crippen molar-refractivity contribution in [3.63, 3.8) is 0 Å². The highest BCUT2D eigenvalue weighted by atomic mass is 79.9. The van der Waals surface area contributed by atoms with Crippen LogP contribution in [0.2, 0.25) is 0 Å². The number of halogens is 1. The van der Waals surface area contributed by atoms with Crippen LogP contribution in [0.15, 0.2) is 10.7 Å². The lowest BCUT2D eigenvalue weighted by Crippen LogP contribution is -2.40. The summed E-state index contributed by atoms with van der Waals surface area (Å²) in [5.74, 6) is 1.16. The summed E-state index contributed by atoms with van der Waals surface area (Å²) >= 11 is 3.44. The monoisotopic (exact) mass is 286 g/mol. The summed E-state index contributed by atoms with van der Waals surface area (Å²) < 4.78 is 6.25. The topological polar surface area (TPSA) is 64.3 Å². The highest BCUT2D eigenvalue weighted by Crippen LogP contribution is 2.26. The van der Waals surface area contributed by atoms with Gasteiger partial charge in [0.15, 0.2) is 0 Å². The van der Waals surface area contributed by atoms with Gasteiger partial charge in [-0.1, -0.05) is 0 Å². The molecule has 5 nitrogen and oxygen atoms in total. The molecule has 0 bridgehead atoms. The number of rotatable bonds is 2. The summed E-state index contributed by atoms with van der Waals surface area (Å²) in [5, 5.41) is 0. The van der Waals surface area contributed by atoms with Gasteiger partial charge >= 0.3 is 0 Å². The highest BCUT2D eigenvalue weighted by molar-refractivity contribution is 9.10. The molecule has 2 N–H and O–H groups in total. The van der Waals surface area contributed by atoms with Crippen molar-refractivity contribution in [3.05, 3.63) is 10.7 Å². The van der Waals surface area contributed by atoms with Gasteiger partial charge in [0.2, 0.25) is 5.95 Å². The van der Waals surface area contributed by atoms with Crippen molar-refractivity contribution >= 4 is 27.7 Å². The Kier molecular flexibility index (Phi) is 3.60. The zero-order chi connectivity index (χ0) is 11.5. The summed E-state index contributed by atoms with van der Waals surface area (Å²) in [4.78, 5) is 10.4. The van der Waals surface area contributed by atoms with Crippen LogP contribution in [0.1, 0.15) is 12.8 Å². The van der Waals surface area contributed by atoms with Gasteiger partial charge in [0.1, 0.15) is 5.82 Å². The van der Waals surface area contributed by atoms with E-state index in [1.807, 2.05) is 0 Å². The fourth-order valence-electron chi connectivity index (χ4n) is 1.92. The maximum absolute atomic E-state index is 5.60. The Morgan fingerprint density at radius 2 is 2.44 bits per heavy atom. The largest absolute Gasteiger partial charge is 0.380 e. The van der Waals surface area contributed by atoms with E-state index in [0.717, 1.165) is 36.2 Å². The molecule has 0 aliphatic carbocycles. The van der Waals surface area contributed by atoms with Crippen molar-refractivity contribution in [2.75, 3.05) is 30.8 Å². The molecule has 1 aromatic heterocycles. The van der Waals surface area contributed by atoms with Crippen molar-refractivity contribution in [1.82, 2.24) is 9.97 Å². The second-order valence-corrected chi connectivity index (χ2v) is 4.70. The van der Waals surface area contributed by atoms with Crippen LogP contribution >= 0.6 is 15.9 Å². The van der Waals surface area contributed by atoms with Gasteiger partial charge < -0.3 is 15.4 Å². The normalized spacial score (nSPS) is 21.1. The number of piperidine rings is 1. The van der Waals surface area contributed by atoms with Gasteiger partial charge in [-0.15, -0.1) is 0 Å². The van der Waals surface area contributed by atoms with Gasteiger partial charge in [-0.2, -0.15) is 4.98 Å². The molecule has 16 heavy (non-hydrogen) atoms. The summed E-state index contributed by atoms with van der Waals surface area (Å²) in [5.41, 5.74) is 5.60. The third-order valence-corrected chi connectivity index (χ3v) is 3.31. The van der Waals surface area contributed by atoms with Crippen LogP contribution in [0.3, 0.4) is 0 Å². The molecule has 0 spiro atoms. The summed E-state index contributed by atoms with van der Waals surface area (Å²) in [6.45, 7) is 1.83. The molecule has 1 aliphatic heterocycles. The molecule has 1 fully saturated rings. The molecule has 2 rings (SSSR count). The Labute approximate surface area is 103 Å². The first-order valence-corrected chi connectivity index (χ1v) is 6.05. The zero-order valence-corrected chi connectivity index (χ0v) is 10.8. The molecule has 2 heterocycles. The van der Waals surface area contributed by atoms with Gasteiger partial charge in [-0.05, 0) is 28.8 Å². The number of nitrogens with zero attached hydrogens (tertiary/aromatic N) is 3. The van der Waals surface area contributed by atoms with E-state index in [1.54, 1.807) is 13.3 Å². The average Bonchev–Trinajstić information content (AvgIpc) is 2.32. The Morgan fingerprint density at radius 1 is 1.62 bits per heavy atom. The van der Waals surface area contributed by atoms with Gasteiger partial charge in [-0.25, -0.2) is 4.98 Å². The van der Waals surface area contributed by atoms with E-state index < -0.39 is 0 Å². The first kappa shape index (κ1) is 11.6. The smallest absolute Gasteiger partial charge is 0.222 e. The Bertz CT molecular complexity index is 374. The molecular weight excluding hydrogens is 272 g/mol. The van der Waals surface area contributed by atoms with Crippen molar-refractivity contribution < 1.29 is 4.74 Å². The zero-order valence-electron chi connectivity index (χ0n) is 9.19. The van der Waals surface area contributed by atoms with Crippen molar-refractivity contribution in [3.8, 4) is 0 Å². The molecule has 1 saturated heterocycles. The van der Waals surface area contributed by atoms with Gasteiger partial charge in [0, 0.05) is 26.4 Å². The van der Waals surface area contributed by atoms with Crippen LogP contribution in [-0.2, 0) is 4.74 Å². The third-order valence-electron chi connectivity index (χ3n) is 2.76. The fourth-order valence-corrected chi connectivity index (χ4v) is 2.36. The molecule has 6 heteroatoms. The van der Waals surface area contributed by atoms with E-state index in [0.29, 0.717) is 5.95 Å². The lowest BCUT2D eigenvalue weighted by atomic mass is 10.1. The van der Waals surface area contributed by atoms with Crippen molar-refractivity contribution in [2.24, 2.45) is 0 Å². The molecule has 0 aromatic carbocycles. The molecule has 1 aromatic rings. The predicted octanol–water partition coefficient (Wildman–Crippen LogP) is 1.44. The second-order valence-electron chi connectivity index (χ2n) is 3.85. The van der Waals surface area contributed by atoms with Gasteiger partial charge in [0.05, 0.1) is 10.6 Å². The first-order valence-electron chi connectivity index (χ1n) is 5.26. The minimum atomic E-state index is 0.275. The van der Waals surface area contributed by atoms with Crippen LogP contribution in [0.5, 0.6) is 0 Å². The van der Waals surface area contributed by atoms with E-state index in [1.165, 1.54) is 0 Å². The first-order chi connectivity index (χ1) is 7.70. The van der Waals surface area contributed by atoms with Crippen molar-refractivity contribution in [1.29, 1.82) is 0 Å². The fraction of sp³-hybridized carbons (Fsp3) is 0.600. The van der Waals surface area contributed by atoms with Crippen LogP contribution in [-0.4, -0.2) is 36.3 Å². The van der Waals surface area contributed by atoms with Crippen LogP contribution in [0.4, 0.5) is 11.8 Å². The Morgan fingerprint density at radius 3 is 3.19 bits per heavy atom. The van der Waals surface area contributed by atoms with Crippen LogP contribution < -0.4 is 10.6 Å². The Hall–Kier alpha value is -0.880. The number of hydrogen-bond donors (Lipinski definition) is 1. The number of aromatic nitrogens is 2.